The highest BCUT2D eigenvalue weighted by atomic mass is 35.5. The molecular formula is C18H15Cl2N3O4S2. The minimum atomic E-state index is -4.15. The highest BCUT2D eigenvalue weighted by Crippen LogP contribution is 2.29. The van der Waals surface area contributed by atoms with E-state index in [4.69, 9.17) is 27.4 Å². The molecule has 1 amide bonds. The molecule has 2 aromatic carbocycles. The summed E-state index contributed by atoms with van der Waals surface area (Å²) < 4.78 is 30.7. The lowest BCUT2D eigenvalue weighted by Gasteiger charge is -2.12. The van der Waals surface area contributed by atoms with Crippen LogP contribution in [-0.2, 0) is 14.9 Å². The molecule has 1 aliphatic rings. The van der Waals surface area contributed by atoms with Gasteiger partial charge in [-0.25, -0.2) is 0 Å². The van der Waals surface area contributed by atoms with Crippen molar-refractivity contribution in [2.75, 3.05) is 0 Å². The Balaban J connectivity index is 1.88. The number of aryl methyl sites for hydroxylation is 1. The van der Waals surface area contributed by atoms with Gasteiger partial charge in [-0.15, -0.1) is 5.10 Å². The van der Waals surface area contributed by atoms with Crippen LogP contribution >= 0.6 is 35.0 Å². The Morgan fingerprint density at radius 1 is 1.21 bits per heavy atom. The van der Waals surface area contributed by atoms with Crippen molar-refractivity contribution in [1.29, 1.82) is 0 Å². The van der Waals surface area contributed by atoms with Crippen LogP contribution in [0, 0.1) is 6.92 Å². The molecule has 2 aromatic rings. The van der Waals surface area contributed by atoms with E-state index in [9.17, 15) is 13.2 Å². The lowest BCUT2D eigenvalue weighted by atomic mass is 10.1. The molecule has 29 heavy (non-hydrogen) atoms. The Morgan fingerprint density at radius 3 is 2.62 bits per heavy atom. The maximum atomic E-state index is 12.7. The summed E-state index contributed by atoms with van der Waals surface area (Å²) in [7, 11) is -4.15. The van der Waals surface area contributed by atoms with Gasteiger partial charge in [-0.1, -0.05) is 47.1 Å². The van der Waals surface area contributed by atoms with E-state index in [0.29, 0.717) is 16.3 Å². The maximum absolute atomic E-state index is 12.7. The van der Waals surface area contributed by atoms with Gasteiger partial charge in [0, 0.05) is 5.56 Å². The number of halogens is 2. The van der Waals surface area contributed by atoms with Crippen LogP contribution in [-0.4, -0.2) is 31.0 Å². The molecular weight excluding hydrogens is 457 g/mol. The molecule has 0 spiro atoms. The summed E-state index contributed by atoms with van der Waals surface area (Å²) >= 11 is 13.0. The molecule has 0 radical (unpaired) electrons. The molecule has 0 aliphatic carbocycles. The average molecular weight is 472 g/mol. The van der Waals surface area contributed by atoms with Gasteiger partial charge in [0.25, 0.3) is 0 Å². The van der Waals surface area contributed by atoms with E-state index in [1.54, 1.807) is 32.0 Å². The third kappa shape index (κ3) is 5.11. The van der Waals surface area contributed by atoms with E-state index in [0.717, 1.165) is 0 Å². The molecule has 0 bridgehead atoms. The minimum absolute atomic E-state index is 0.101. The summed E-state index contributed by atoms with van der Waals surface area (Å²) in [6, 6.07) is 8.99. The SMILES string of the molecule is Cc1cccc(C=NN=C2NC(=O)C(C)S2)c1OS(=O)(=O)c1ccc(Cl)c(Cl)c1. The first kappa shape index (κ1) is 21.6. The molecule has 1 N–H and O–H groups in total. The highest BCUT2D eigenvalue weighted by Gasteiger charge is 2.25. The number of amidine groups is 1. The van der Waals surface area contributed by atoms with Crippen molar-refractivity contribution in [3.63, 3.8) is 0 Å². The second-order valence-corrected chi connectivity index (χ2v) is 9.70. The van der Waals surface area contributed by atoms with Crippen LogP contribution in [0.5, 0.6) is 5.75 Å². The number of carbonyl (C=O) groups excluding carboxylic acids is 1. The van der Waals surface area contributed by atoms with Crippen molar-refractivity contribution in [2.24, 2.45) is 10.2 Å². The lowest BCUT2D eigenvalue weighted by molar-refractivity contribution is -0.118. The first-order valence-corrected chi connectivity index (χ1v) is 11.3. The number of benzene rings is 2. The van der Waals surface area contributed by atoms with Gasteiger partial charge < -0.3 is 9.50 Å². The van der Waals surface area contributed by atoms with Gasteiger partial charge in [0.15, 0.2) is 10.9 Å². The zero-order valence-corrected chi connectivity index (χ0v) is 18.4. The van der Waals surface area contributed by atoms with Gasteiger partial charge in [-0.3, -0.25) is 4.79 Å². The Labute approximate surface area is 182 Å². The molecule has 1 saturated heterocycles. The number of carbonyl (C=O) groups is 1. The Hall–Kier alpha value is -2.07. The van der Waals surface area contributed by atoms with Crippen LogP contribution in [0.15, 0.2) is 51.5 Å². The monoisotopic (exact) mass is 471 g/mol. The van der Waals surface area contributed by atoms with E-state index in [-0.39, 0.29) is 31.8 Å². The molecule has 1 atom stereocenters. The zero-order valence-electron chi connectivity index (χ0n) is 15.2. The van der Waals surface area contributed by atoms with Gasteiger partial charge in [0.05, 0.1) is 21.5 Å². The summed E-state index contributed by atoms with van der Waals surface area (Å²) in [5.74, 6) is -0.0322. The standard InChI is InChI=1S/C18H15Cl2N3O4S2/c1-10-4-3-5-12(9-21-23-18-22-17(24)11(2)28-18)16(10)27-29(25,26)13-6-7-14(19)15(20)8-13/h3-9,11H,1-2H3,(H,22,23,24). The number of thioether (sulfide) groups is 1. The molecule has 1 heterocycles. The molecule has 0 saturated carbocycles. The normalized spacial score (nSPS) is 18.4. The van der Waals surface area contributed by atoms with Crippen LogP contribution in [0.25, 0.3) is 0 Å². The van der Waals surface area contributed by atoms with Gasteiger partial charge in [0.1, 0.15) is 4.90 Å². The summed E-state index contributed by atoms with van der Waals surface area (Å²) in [6.07, 6.45) is 1.36. The number of nitrogens with zero attached hydrogens (tertiary/aromatic N) is 2. The van der Waals surface area contributed by atoms with Crippen molar-refractivity contribution < 1.29 is 17.4 Å². The minimum Gasteiger partial charge on any atom is -0.378 e. The fourth-order valence-corrected chi connectivity index (χ4v) is 4.49. The molecule has 1 fully saturated rings. The van der Waals surface area contributed by atoms with Crippen molar-refractivity contribution in [3.8, 4) is 5.75 Å². The lowest BCUT2D eigenvalue weighted by Crippen LogP contribution is -2.23. The smallest absolute Gasteiger partial charge is 0.339 e. The number of nitrogens with one attached hydrogen (secondary N) is 1. The second-order valence-electron chi connectivity index (χ2n) is 6.01. The van der Waals surface area contributed by atoms with Crippen LogP contribution in [0.4, 0.5) is 0 Å². The molecule has 152 valence electrons. The fourth-order valence-electron chi connectivity index (χ4n) is 2.33. The predicted molar refractivity (Wildman–Crippen MR) is 116 cm³/mol. The molecule has 7 nitrogen and oxygen atoms in total. The summed E-state index contributed by atoms with van der Waals surface area (Å²) in [4.78, 5) is 11.4. The molecule has 3 rings (SSSR count). The van der Waals surface area contributed by atoms with Gasteiger partial charge in [-0.05, 0) is 43.7 Å². The number of hydrogen-bond donors (Lipinski definition) is 1. The number of rotatable bonds is 5. The Morgan fingerprint density at radius 2 is 1.97 bits per heavy atom. The molecule has 0 aromatic heterocycles. The van der Waals surface area contributed by atoms with Crippen molar-refractivity contribution in [2.45, 2.75) is 24.0 Å². The summed E-state index contributed by atoms with van der Waals surface area (Å²) in [5, 5.41) is 10.9. The van der Waals surface area contributed by atoms with Crippen LogP contribution in [0.3, 0.4) is 0 Å². The second kappa shape index (κ2) is 8.74. The quantitative estimate of drug-likeness (QED) is 0.403. The third-order valence-corrected chi connectivity index (χ3v) is 6.78. The molecule has 1 aliphatic heterocycles. The van der Waals surface area contributed by atoms with E-state index in [1.807, 2.05) is 0 Å². The van der Waals surface area contributed by atoms with Crippen LogP contribution in [0.1, 0.15) is 18.1 Å². The largest absolute Gasteiger partial charge is 0.378 e. The van der Waals surface area contributed by atoms with Crippen molar-refractivity contribution in [3.05, 3.63) is 57.6 Å². The summed E-state index contributed by atoms with van der Waals surface area (Å²) in [5.41, 5.74) is 0.989. The van der Waals surface area contributed by atoms with Crippen LogP contribution in [0.2, 0.25) is 10.0 Å². The average Bonchev–Trinajstić information content (AvgIpc) is 2.97. The first-order valence-electron chi connectivity index (χ1n) is 8.25. The zero-order chi connectivity index (χ0) is 21.2. The highest BCUT2D eigenvalue weighted by molar-refractivity contribution is 8.15. The fraction of sp³-hybridized carbons (Fsp3) is 0.167. The molecule has 11 heteroatoms. The van der Waals surface area contributed by atoms with Crippen LogP contribution < -0.4 is 9.50 Å². The Kier molecular flexibility index (Phi) is 6.52. The van der Waals surface area contributed by atoms with Gasteiger partial charge in [0.2, 0.25) is 5.91 Å². The topological polar surface area (TPSA) is 97.2 Å². The van der Waals surface area contributed by atoms with Gasteiger partial charge >= 0.3 is 10.1 Å². The van der Waals surface area contributed by atoms with E-state index in [1.165, 1.54) is 36.2 Å². The summed E-state index contributed by atoms with van der Waals surface area (Å²) in [6.45, 7) is 3.46. The van der Waals surface area contributed by atoms with Crippen molar-refractivity contribution >= 4 is 62.4 Å². The van der Waals surface area contributed by atoms with Crippen molar-refractivity contribution in [1.82, 2.24) is 5.32 Å². The first-order chi connectivity index (χ1) is 13.7. The maximum Gasteiger partial charge on any atom is 0.339 e. The Bertz CT molecular complexity index is 1130. The number of para-hydroxylation sites is 1. The predicted octanol–water partition coefficient (Wildman–Crippen LogP) is 4.01. The van der Waals surface area contributed by atoms with E-state index < -0.39 is 10.1 Å². The van der Waals surface area contributed by atoms with E-state index in [2.05, 4.69) is 15.5 Å². The van der Waals surface area contributed by atoms with Gasteiger partial charge in [-0.2, -0.15) is 13.5 Å². The number of amides is 1. The molecule has 1 unspecified atom stereocenters. The van der Waals surface area contributed by atoms with E-state index >= 15 is 0 Å². The number of hydrogen-bond acceptors (Lipinski definition) is 7. The third-order valence-electron chi connectivity index (χ3n) is 3.85.